The number of rotatable bonds is 4. The Labute approximate surface area is 108 Å². The lowest BCUT2D eigenvalue weighted by Crippen LogP contribution is -2.23. The zero-order valence-corrected chi connectivity index (χ0v) is 11.0. The molecule has 2 heterocycles. The summed E-state index contributed by atoms with van der Waals surface area (Å²) in [4.78, 5) is 4.13. The Bertz CT molecular complexity index is 375. The molecule has 0 amide bonds. The quantitative estimate of drug-likeness (QED) is 0.892. The Kier molecular flexibility index (Phi) is 4.55. The first kappa shape index (κ1) is 13.3. The van der Waals surface area contributed by atoms with Gasteiger partial charge in [-0.15, -0.1) is 0 Å². The molecule has 1 aromatic heterocycles. The molecular formula is C14H21NO3. The molecule has 4 heteroatoms. The average molecular weight is 251 g/mol. The van der Waals surface area contributed by atoms with Crippen molar-refractivity contribution in [2.24, 2.45) is 5.92 Å². The Morgan fingerprint density at radius 3 is 2.94 bits per heavy atom. The highest BCUT2D eigenvalue weighted by Crippen LogP contribution is 2.29. The van der Waals surface area contributed by atoms with Crippen molar-refractivity contribution in [1.29, 1.82) is 0 Å². The van der Waals surface area contributed by atoms with Crippen LogP contribution in [0, 0.1) is 5.92 Å². The minimum atomic E-state index is -0.520. The lowest BCUT2D eigenvalue weighted by molar-refractivity contribution is -0.0102. The van der Waals surface area contributed by atoms with Gasteiger partial charge < -0.3 is 14.6 Å². The summed E-state index contributed by atoms with van der Waals surface area (Å²) in [5.41, 5.74) is 0.809. The molecule has 0 radical (unpaired) electrons. The molecule has 2 rings (SSSR count). The van der Waals surface area contributed by atoms with Crippen LogP contribution < -0.4 is 4.74 Å². The van der Waals surface area contributed by atoms with Crippen LogP contribution in [0.15, 0.2) is 18.5 Å². The van der Waals surface area contributed by atoms with E-state index in [2.05, 4.69) is 4.98 Å². The van der Waals surface area contributed by atoms with Gasteiger partial charge in [-0.2, -0.15) is 0 Å². The van der Waals surface area contributed by atoms with Crippen LogP contribution in [-0.2, 0) is 4.74 Å². The number of aliphatic hydroxyl groups excluding tert-OH is 1. The first-order valence-corrected chi connectivity index (χ1v) is 6.54. The Hall–Kier alpha value is -1.13. The fourth-order valence-electron chi connectivity index (χ4n) is 2.22. The number of aliphatic hydroxyl groups is 1. The second-order valence-corrected chi connectivity index (χ2v) is 5.04. The van der Waals surface area contributed by atoms with Gasteiger partial charge in [0.2, 0.25) is 0 Å². The minimum Gasteiger partial charge on any atom is -0.489 e. The zero-order chi connectivity index (χ0) is 13.0. The first-order chi connectivity index (χ1) is 8.66. The van der Waals surface area contributed by atoms with Gasteiger partial charge in [-0.3, -0.25) is 4.98 Å². The summed E-state index contributed by atoms with van der Waals surface area (Å²) < 4.78 is 11.0. The van der Waals surface area contributed by atoms with Gasteiger partial charge in [0, 0.05) is 24.3 Å². The molecule has 4 nitrogen and oxygen atoms in total. The van der Waals surface area contributed by atoms with Crippen LogP contribution >= 0.6 is 0 Å². The third-order valence-corrected chi connectivity index (χ3v) is 3.09. The molecule has 0 bridgehead atoms. The van der Waals surface area contributed by atoms with Crippen molar-refractivity contribution in [3.8, 4) is 5.75 Å². The van der Waals surface area contributed by atoms with E-state index >= 15 is 0 Å². The van der Waals surface area contributed by atoms with E-state index in [0.29, 0.717) is 12.4 Å². The van der Waals surface area contributed by atoms with Crippen molar-refractivity contribution in [1.82, 2.24) is 4.98 Å². The molecule has 18 heavy (non-hydrogen) atoms. The summed E-state index contributed by atoms with van der Waals surface area (Å²) in [5, 5.41) is 10.3. The number of hydrogen-bond acceptors (Lipinski definition) is 4. The summed E-state index contributed by atoms with van der Waals surface area (Å²) >= 11 is 0. The standard InChI is InChI=1S/C14H21NO3/c1-10(2)18-13-6-12(7-15-8-13)14(16)11-4-3-5-17-9-11/h6-8,10-11,14,16H,3-5,9H2,1-2H3. The number of aromatic nitrogens is 1. The number of nitrogens with zero attached hydrogens (tertiary/aromatic N) is 1. The monoisotopic (exact) mass is 251 g/mol. The third kappa shape index (κ3) is 3.43. The first-order valence-electron chi connectivity index (χ1n) is 6.54. The number of ether oxygens (including phenoxy) is 2. The van der Waals surface area contributed by atoms with E-state index in [0.717, 1.165) is 25.0 Å². The van der Waals surface area contributed by atoms with E-state index in [1.54, 1.807) is 12.4 Å². The second kappa shape index (κ2) is 6.16. The van der Waals surface area contributed by atoms with Crippen LogP contribution in [0.3, 0.4) is 0 Å². The maximum atomic E-state index is 10.3. The highest BCUT2D eigenvalue weighted by atomic mass is 16.5. The molecule has 0 aromatic carbocycles. The van der Waals surface area contributed by atoms with Gasteiger partial charge in [-0.1, -0.05) is 0 Å². The van der Waals surface area contributed by atoms with Gasteiger partial charge in [0.05, 0.1) is 25.0 Å². The Balaban J connectivity index is 2.06. The van der Waals surface area contributed by atoms with Crippen molar-refractivity contribution in [3.63, 3.8) is 0 Å². The van der Waals surface area contributed by atoms with E-state index in [9.17, 15) is 5.11 Å². The Morgan fingerprint density at radius 1 is 1.44 bits per heavy atom. The van der Waals surface area contributed by atoms with Crippen LogP contribution in [0.5, 0.6) is 5.75 Å². The van der Waals surface area contributed by atoms with Crippen molar-refractivity contribution in [2.45, 2.75) is 38.9 Å². The molecule has 0 aliphatic carbocycles. The third-order valence-electron chi connectivity index (χ3n) is 3.09. The second-order valence-electron chi connectivity index (χ2n) is 5.04. The fraction of sp³-hybridized carbons (Fsp3) is 0.643. The maximum Gasteiger partial charge on any atom is 0.138 e. The summed E-state index contributed by atoms with van der Waals surface area (Å²) in [6.45, 7) is 5.37. The molecule has 2 unspecified atom stereocenters. The number of hydrogen-bond donors (Lipinski definition) is 1. The van der Waals surface area contributed by atoms with Gasteiger partial charge in [0.1, 0.15) is 5.75 Å². The molecule has 2 atom stereocenters. The predicted octanol–water partition coefficient (Wildman–Crippen LogP) is 2.33. The van der Waals surface area contributed by atoms with E-state index in [1.165, 1.54) is 0 Å². The predicted molar refractivity (Wildman–Crippen MR) is 68.5 cm³/mol. The van der Waals surface area contributed by atoms with Crippen molar-refractivity contribution >= 4 is 0 Å². The van der Waals surface area contributed by atoms with Crippen LogP contribution in [0.25, 0.3) is 0 Å². The molecule has 1 aromatic rings. The van der Waals surface area contributed by atoms with Gasteiger partial charge in [0.15, 0.2) is 0 Å². The summed E-state index contributed by atoms with van der Waals surface area (Å²) in [6, 6.07) is 1.87. The van der Waals surface area contributed by atoms with Crippen molar-refractivity contribution in [3.05, 3.63) is 24.0 Å². The molecule has 1 aliphatic rings. The summed E-state index contributed by atoms with van der Waals surface area (Å²) in [7, 11) is 0. The lowest BCUT2D eigenvalue weighted by Gasteiger charge is -2.27. The van der Waals surface area contributed by atoms with Crippen LogP contribution in [0.2, 0.25) is 0 Å². The molecule has 1 aliphatic heterocycles. The van der Waals surface area contributed by atoms with E-state index < -0.39 is 6.10 Å². The highest BCUT2D eigenvalue weighted by Gasteiger charge is 2.24. The van der Waals surface area contributed by atoms with Crippen molar-refractivity contribution < 1.29 is 14.6 Å². The highest BCUT2D eigenvalue weighted by molar-refractivity contribution is 5.25. The Morgan fingerprint density at radius 2 is 2.28 bits per heavy atom. The maximum absolute atomic E-state index is 10.3. The molecule has 1 fully saturated rings. The van der Waals surface area contributed by atoms with E-state index in [1.807, 2.05) is 19.9 Å². The normalized spacial score (nSPS) is 21.9. The van der Waals surface area contributed by atoms with Crippen LogP contribution in [-0.4, -0.2) is 29.4 Å². The zero-order valence-electron chi connectivity index (χ0n) is 11.0. The summed E-state index contributed by atoms with van der Waals surface area (Å²) in [5.74, 6) is 0.869. The van der Waals surface area contributed by atoms with Crippen LogP contribution in [0.1, 0.15) is 38.4 Å². The molecular weight excluding hydrogens is 230 g/mol. The molecule has 0 saturated carbocycles. The van der Waals surface area contributed by atoms with Crippen LogP contribution in [0.4, 0.5) is 0 Å². The van der Waals surface area contributed by atoms with Gasteiger partial charge in [-0.25, -0.2) is 0 Å². The van der Waals surface area contributed by atoms with E-state index in [4.69, 9.17) is 9.47 Å². The van der Waals surface area contributed by atoms with E-state index in [-0.39, 0.29) is 12.0 Å². The molecule has 0 spiro atoms. The van der Waals surface area contributed by atoms with Gasteiger partial charge in [0.25, 0.3) is 0 Å². The van der Waals surface area contributed by atoms with Gasteiger partial charge >= 0.3 is 0 Å². The summed E-state index contributed by atoms with van der Waals surface area (Å²) in [6.07, 6.45) is 4.97. The molecule has 100 valence electrons. The SMILES string of the molecule is CC(C)Oc1cncc(C(O)C2CCCOC2)c1. The fourth-order valence-corrected chi connectivity index (χ4v) is 2.22. The number of pyridine rings is 1. The molecule has 1 saturated heterocycles. The minimum absolute atomic E-state index is 0.109. The van der Waals surface area contributed by atoms with Gasteiger partial charge in [-0.05, 0) is 32.8 Å². The topological polar surface area (TPSA) is 51.6 Å². The average Bonchev–Trinajstić information content (AvgIpc) is 2.38. The van der Waals surface area contributed by atoms with Crippen molar-refractivity contribution in [2.75, 3.05) is 13.2 Å². The smallest absolute Gasteiger partial charge is 0.138 e. The largest absolute Gasteiger partial charge is 0.489 e. The lowest BCUT2D eigenvalue weighted by atomic mass is 9.92. The molecule has 1 N–H and O–H groups in total.